The van der Waals surface area contributed by atoms with Crippen molar-refractivity contribution in [1.29, 1.82) is 0 Å². The number of aromatic amines is 1. The monoisotopic (exact) mass is 231 g/mol. The summed E-state index contributed by atoms with van der Waals surface area (Å²) in [6.07, 6.45) is 0. The van der Waals surface area contributed by atoms with Gasteiger partial charge in [0.2, 0.25) is 0 Å². The molecule has 1 aromatic carbocycles. The van der Waals surface area contributed by atoms with Crippen molar-refractivity contribution in [2.45, 2.75) is 0 Å². The van der Waals surface area contributed by atoms with Crippen molar-refractivity contribution in [1.82, 2.24) is 15.5 Å². The molecule has 0 spiro atoms. The van der Waals surface area contributed by atoms with Crippen LogP contribution in [0.2, 0.25) is 0 Å². The summed E-state index contributed by atoms with van der Waals surface area (Å²) in [5.41, 5.74) is 2.10. The van der Waals surface area contributed by atoms with Gasteiger partial charge in [-0.25, -0.2) is 0 Å². The second-order valence-electron chi connectivity index (χ2n) is 3.47. The van der Waals surface area contributed by atoms with Crippen LogP contribution in [0.25, 0.3) is 11.3 Å². The number of benzene rings is 1. The van der Waals surface area contributed by atoms with Gasteiger partial charge in [-0.2, -0.15) is 5.10 Å². The van der Waals surface area contributed by atoms with Crippen molar-refractivity contribution in [2.24, 2.45) is 0 Å². The SMILES string of the molecule is CNC(=O)c1cc(-c2ccc(OC)cc2)n[nH]1. The Kier molecular flexibility index (Phi) is 3.09. The zero-order chi connectivity index (χ0) is 12.3. The Bertz CT molecular complexity index is 517. The van der Waals surface area contributed by atoms with E-state index in [9.17, 15) is 4.79 Å². The fraction of sp³-hybridized carbons (Fsp3) is 0.167. The van der Waals surface area contributed by atoms with Gasteiger partial charge in [-0.3, -0.25) is 9.89 Å². The van der Waals surface area contributed by atoms with Crippen LogP contribution in [-0.4, -0.2) is 30.3 Å². The molecule has 1 heterocycles. The predicted octanol–water partition coefficient (Wildman–Crippen LogP) is 1.44. The number of amides is 1. The van der Waals surface area contributed by atoms with Crippen LogP contribution in [0.1, 0.15) is 10.5 Å². The first-order valence-corrected chi connectivity index (χ1v) is 5.16. The van der Waals surface area contributed by atoms with Gasteiger partial charge in [0.1, 0.15) is 11.4 Å². The fourth-order valence-corrected chi connectivity index (χ4v) is 1.48. The van der Waals surface area contributed by atoms with E-state index in [1.807, 2.05) is 24.3 Å². The van der Waals surface area contributed by atoms with Gasteiger partial charge >= 0.3 is 0 Å². The Morgan fingerprint density at radius 1 is 1.35 bits per heavy atom. The lowest BCUT2D eigenvalue weighted by atomic mass is 10.1. The van der Waals surface area contributed by atoms with Crippen molar-refractivity contribution in [3.63, 3.8) is 0 Å². The number of aromatic nitrogens is 2. The first-order chi connectivity index (χ1) is 8.24. The third-order valence-corrected chi connectivity index (χ3v) is 2.44. The van der Waals surface area contributed by atoms with Gasteiger partial charge in [0.15, 0.2) is 0 Å². The topological polar surface area (TPSA) is 67.0 Å². The lowest BCUT2D eigenvalue weighted by Crippen LogP contribution is -2.17. The van der Waals surface area contributed by atoms with Crippen LogP contribution in [0.15, 0.2) is 30.3 Å². The summed E-state index contributed by atoms with van der Waals surface area (Å²) in [5.74, 6) is 0.605. The predicted molar refractivity (Wildman–Crippen MR) is 64.0 cm³/mol. The molecule has 0 unspecified atom stereocenters. The number of ether oxygens (including phenoxy) is 1. The lowest BCUT2D eigenvalue weighted by molar-refractivity contribution is 0.0958. The Morgan fingerprint density at radius 3 is 2.65 bits per heavy atom. The van der Waals surface area contributed by atoms with Gasteiger partial charge in [0, 0.05) is 12.6 Å². The molecular weight excluding hydrogens is 218 g/mol. The van der Waals surface area contributed by atoms with E-state index in [4.69, 9.17) is 4.74 Å². The number of carbonyl (C=O) groups is 1. The van der Waals surface area contributed by atoms with Crippen LogP contribution in [0.5, 0.6) is 5.75 Å². The quantitative estimate of drug-likeness (QED) is 0.840. The lowest BCUT2D eigenvalue weighted by Gasteiger charge is -1.99. The van der Waals surface area contributed by atoms with Crippen molar-refractivity contribution in [2.75, 3.05) is 14.2 Å². The van der Waals surface area contributed by atoms with Gasteiger partial charge < -0.3 is 10.1 Å². The molecule has 2 aromatic rings. The van der Waals surface area contributed by atoms with E-state index in [0.717, 1.165) is 17.0 Å². The molecule has 88 valence electrons. The highest BCUT2D eigenvalue weighted by atomic mass is 16.5. The normalized spacial score (nSPS) is 10.0. The fourth-order valence-electron chi connectivity index (χ4n) is 1.48. The van der Waals surface area contributed by atoms with Crippen LogP contribution < -0.4 is 10.1 Å². The molecule has 0 aliphatic carbocycles. The molecule has 5 nitrogen and oxygen atoms in total. The molecule has 1 aromatic heterocycles. The Morgan fingerprint density at radius 2 is 2.06 bits per heavy atom. The molecule has 1 amide bonds. The summed E-state index contributed by atoms with van der Waals surface area (Å²) in [5, 5.41) is 9.31. The molecule has 5 heteroatoms. The highest BCUT2D eigenvalue weighted by Gasteiger charge is 2.09. The van der Waals surface area contributed by atoms with E-state index < -0.39 is 0 Å². The van der Waals surface area contributed by atoms with E-state index in [2.05, 4.69) is 15.5 Å². The maximum absolute atomic E-state index is 11.4. The van der Waals surface area contributed by atoms with Gasteiger partial charge in [-0.05, 0) is 30.3 Å². The maximum atomic E-state index is 11.4. The van der Waals surface area contributed by atoms with Crippen molar-refractivity contribution in [3.05, 3.63) is 36.0 Å². The zero-order valence-corrected chi connectivity index (χ0v) is 9.65. The molecule has 0 saturated carbocycles. The van der Waals surface area contributed by atoms with Gasteiger partial charge in [-0.15, -0.1) is 0 Å². The number of H-pyrrole nitrogens is 1. The summed E-state index contributed by atoms with van der Waals surface area (Å²) in [7, 11) is 3.20. The minimum Gasteiger partial charge on any atom is -0.497 e. The highest BCUT2D eigenvalue weighted by Crippen LogP contribution is 2.20. The minimum atomic E-state index is -0.183. The van der Waals surface area contributed by atoms with Gasteiger partial charge in [0.05, 0.1) is 12.8 Å². The Balaban J connectivity index is 2.27. The molecule has 0 atom stereocenters. The minimum absolute atomic E-state index is 0.183. The number of nitrogens with zero attached hydrogens (tertiary/aromatic N) is 1. The Hall–Kier alpha value is -2.30. The van der Waals surface area contributed by atoms with Gasteiger partial charge in [0.25, 0.3) is 5.91 Å². The smallest absolute Gasteiger partial charge is 0.269 e. The van der Waals surface area contributed by atoms with E-state index in [1.165, 1.54) is 0 Å². The third kappa shape index (κ3) is 2.28. The molecule has 0 radical (unpaired) electrons. The first kappa shape index (κ1) is 11.2. The number of carbonyl (C=O) groups excluding carboxylic acids is 1. The third-order valence-electron chi connectivity index (χ3n) is 2.44. The second-order valence-corrected chi connectivity index (χ2v) is 3.47. The largest absolute Gasteiger partial charge is 0.497 e. The van der Waals surface area contributed by atoms with E-state index >= 15 is 0 Å². The second kappa shape index (κ2) is 4.69. The number of rotatable bonds is 3. The van der Waals surface area contributed by atoms with Crippen LogP contribution >= 0.6 is 0 Å². The average Bonchev–Trinajstić information content (AvgIpc) is 2.87. The number of methoxy groups -OCH3 is 1. The van der Waals surface area contributed by atoms with Crippen LogP contribution in [0.4, 0.5) is 0 Å². The molecule has 0 saturated heterocycles. The molecule has 2 N–H and O–H groups in total. The van der Waals surface area contributed by atoms with Crippen molar-refractivity contribution in [3.8, 4) is 17.0 Å². The number of hydrogen-bond donors (Lipinski definition) is 2. The van der Waals surface area contributed by atoms with E-state index in [0.29, 0.717) is 5.69 Å². The summed E-state index contributed by atoms with van der Waals surface area (Å²) in [6.45, 7) is 0. The Labute approximate surface area is 98.8 Å². The molecule has 0 aliphatic rings. The molecule has 0 bridgehead atoms. The summed E-state index contributed by atoms with van der Waals surface area (Å²) in [4.78, 5) is 11.4. The molecule has 0 fully saturated rings. The molecule has 2 rings (SSSR count). The number of hydrogen-bond acceptors (Lipinski definition) is 3. The van der Waals surface area contributed by atoms with Crippen LogP contribution in [0.3, 0.4) is 0 Å². The number of nitrogens with one attached hydrogen (secondary N) is 2. The standard InChI is InChI=1S/C12H13N3O2/c1-13-12(16)11-7-10(14-15-11)8-3-5-9(17-2)6-4-8/h3-7H,1-2H3,(H,13,16)(H,14,15). The van der Waals surface area contributed by atoms with Crippen molar-refractivity contribution < 1.29 is 9.53 Å². The van der Waals surface area contributed by atoms with E-state index in [1.54, 1.807) is 20.2 Å². The highest BCUT2D eigenvalue weighted by molar-refractivity contribution is 5.93. The maximum Gasteiger partial charge on any atom is 0.269 e. The molecular formula is C12H13N3O2. The average molecular weight is 231 g/mol. The summed E-state index contributed by atoms with van der Waals surface area (Å²) < 4.78 is 5.07. The van der Waals surface area contributed by atoms with Crippen LogP contribution in [-0.2, 0) is 0 Å². The molecule has 17 heavy (non-hydrogen) atoms. The van der Waals surface area contributed by atoms with Gasteiger partial charge in [-0.1, -0.05) is 0 Å². The summed E-state index contributed by atoms with van der Waals surface area (Å²) >= 11 is 0. The van der Waals surface area contributed by atoms with E-state index in [-0.39, 0.29) is 5.91 Å². The van der Waals surface area contributed by atoms with Crippen LogP contribution in [0, 0.1) is 0 Å². The first-order valence-electron chi connectivity index (χ1n) is 5.16. The van der Waals surface area contributed by atoms with Crippen molar-refractivity contribution >= 4 is 5.91 Å². The summed E-state index contributed by atoms with van der Waals surface area (Å²) in [6, 6.07) is 9.19. The zero-order valence-electron chi connectivity index (χ0n) is 9.65. The molecule has 0 aliphatic heterocycles.